The van der Waals surface area contributed by atoms with Crippen LogP contribution in [0.15, 0.2) is 24.3 Å². The van der Waals surface area contributed by atoms with Crippen LogP contribution in [0.25, 0.3) is 0 Å². The van der Waals surface area contributed by atoms with E-state index in [1.165, 1.54) is 12.1 Å². The van der Waals surface area contributed by atoms with Crippen molar-refractivity contribution in [3.63, 3.8) is 0 Å². The van der Waals surface area contributed by atoms with E-state index >= 15 is 0 Å². The Morgan fingerprint density at radius 3 is 2.56 bits per heavy atom. The third-order valence-electron chi connectivity index (χ3n) is 4.60. The molecule has 1 heterocycles. The van der Waals surface area contributed by atoms with Crippen LogP contribution in [0.2, 0.25) is 0 Å². The van der Waals surface area contributed by atoms with Gasteiger partial charge in [0.05, 0.1) is 24.4 Å². The van der Waals surface area contributed by atoms with Gasteiger partial charge in [0.15, 0.2) is 0 Å². The van der Waals surface area contributed by atoms with Gasteiger partial charge in [0.25, 0.3) is 0 Å². The van der Waals surface area contributed by atoms with Gasteiger partial charge in [-0.2, -0.15) is 5.10 Å². The summed E-state index contributed by atoms with van der Waals surface area (Å²) in [6.07, 6.45) is 0. The Bertz CT molecular complexity index is 695. The van der Waals surface area contributed by atoms with Crippen LogP contribution >= 0.6 is 0 Å². The molecule has 0 bridgehead atoms. The van der Waals surface area contributed by atoms with Crippen LogP contribution in [-0.4, -0.2) is 35.1 Å². The van der Waals surface area contributed by atoms with Gasteiger partial charge in [-0.15, -0.1) is 0 Å². The van der Waals surface area contributed by atoms with E-state index in [1.54, 1.807) is 26.2 Å². The van der Waals surface area contributed by atoms with Crippen molar-refractivity contribution in [3.05, 3.63) is 52.6 Å². The molecular formula is C19H28FN3O2. The van der Waals surface area contributed by atoms with Gasteiger partial charge in [0, 0.05) is 31.0 Å². The number of ether oxygens (including phenoxy) is 1. The Labute approximate surface area is 148 Å². The Morgan fingerprint density at radius 1 is 1.32 bits per heavy atom. The second kappa shape index (κ2) is 8.08. The topological polar surface area (TPSA) is 59.3 Å². The minimum absolute atomic E-state index is 0.0308. The van der Waals surface area contributed by atoms with Crippen molar-refractivity contribution in [2.45, 2.75) is 45.9 Å². The Hall–Kier alpha value is -1.76. The molecule has 6 heteroatoms. The zero-order valence-electron chi connectivity index (χ0n) is 15.6. The van der Waals surface area contributed by atoms with Crippen LogP contribution in [-0.2, 0) is 16.9 Å². The maximum atomic E-state index is 13.1. The van der Waals surface area contributed by atoms with Crippen LogP contribution in [0.4, 0.5) is 4.39 Å². The van der Waals surface area contributed by atoms with Crippen molar-refractivity contribution in [2.24, 2.45) is 0 Å². The number of aliphatic hydroxyl groups is 1. The molecule has 1 aromatic heterocycles. The molecule has 0 saturated heterocycles. The molecule has 2 rings (SSSR count). The third kappa shape index (κ3) is 4.66. The molecule has 1 aromatic carbocycles. The van der Waals surface area contributed by atoms with Crippen LogP contribution in [0, 0.1) is 19.7 Å². The van der Waals surface area contributed by atoms with Gasteiger partial charge in [-0.1, -0.05) is 12.1 Å². The zero-order valence-corrected chi connectivity index (χ0v) is 15.6. The first-order valence-corrected chi connectivity index (χ1v) is 8.51. The summed E-state index contributed by atoms with van der Waals surface area (Å²) in [6, 6.07) is 5.98. The summed E-state index contributed by atoms with van der Waals surface area (Å²) in [5.74, 6) is -0.310. The monoisotopic (exact) mass is 349 g/mol. The van der Waals surface area contributed by atoms with Crippen molar-refractivity contribution < 1.29 is 14.2 Å². The number of nitrogens with one attached hydrogen (secondary N) is 1. The van der Waals surface area contributed by atoms with Gasteiger partial charge in [0.2, 0.25) is 0 Å². The molecular weight excluding hydrogens is 321 g/mol. The summed E-state index contributed by atoms with van der Waals surface area (Å²) in [5.41, 5.74) is 2.78. The maximum Gasteiger partial charge on any atom is 0.123 e. The van der Waals surface area contributed by atoms with E-state index in [-0.39, 0.29) is 11.9 Å². The van der Waals surface area contributed by atoms with Gasteiger partial charge < -0.3 is 15.2 Å². The number of aryl methyl sites for hydroxylation is 1. The van der Waals surface area contributed by atoms with E-state index in [9.17, 15) is 9.50 Å². The molecule has 0 aliphatic rings. The molecule has 2 unspecified atom stereocenters. The molecule has 0 saturated carbocycles. The molecule has 2 aromatic rings. The highest BCUT2D eigenvalue weighted by Gasteiger charge is 2.25. The van der Waals surface area contributed by atoms with Gasteiger partial charge in [0.1, 0.15) is 5.82 Å². The van der Waals surface area contributed by atoms with E-state index in [1.807, 2.05) is 18.5 Å². The molecule has 2 N–H and O–H groups in total. The lowest BCUT2D eigenvalue weighted by Gasteiger charge is -2.27. The number of aromatic nitrogens is 2. The summed E-state index contributed by atoms with van der Waals surface area (Å²) in [4.78, 5) is 0. The minimum Gasteiger partial charge on any atom is -0.384 e. The predicted octanol–water partition coefficient (Wildman–Crippen LogP) is 2.84. The molecule has 5 nitrogen and oxygen atoms in total. The van der Waals surface area contributed by atoms with Crippen LogP contribution < -0.4 is 5.32 Å². The van der Waals surface area contributed by atoms with Crippen LogP contribution in [0.1, 0.15) is 42.4 Å². The quantitative estimate of drug-likeness (QED) is 0.769. The molecule has 0 amide bonds. The first-order valence-electron chi connectivity index (χ1n) is 8.51. The Kier molecular flexibility index (Phi) is 6.32. The van der Waals surface area contributed by atoms with E-state index in [2.05, 4.69) is 17.3 Å². The second-order valence-electron chi connectivity index (χ2n) is 6.68. The SMILES string of the molecule is COCCn1nc(C)c(C(C)NCC(C)(O)c2ccc(F)cc2)c1C. The number of nitrogens with zero attached hydrogens (tertiary/aromatic N) is 2. The van der Waals surface area contributed by atoms with Crippen LogP contribution in [0.5, 0.6) is 0 Å². The largest absolute Gasteiger partial charge is 0.384 e. The lowest BCUT2D eigenvalue weighted by atomic mass is 9.95. The van der Waals surface area contributed by atoms with Crippen molar-refractivity contribution in [1.29, 1.82) is 0 Å². The van der Waals surface area contributed by atoms with Gasteiger partial charge >= 0.3 is 0 Å². The smallest absolute Gasteiger partial charge is 0.123 e. The molecule has 138 valence electrons. The number of hydrogen-bond donors (Lipinski definition) is 2. The van der Waals surface area contributed by atoms with E-state index < -0.39 is 5.60 Å². The Morgan fingerprint density at radius 2 is 1.96 bits per heavy atom. The fourth-order valence-electron chi connectivity index (χ4n) is 3.10. The van der Waals surface area contributed by atoms with Crippen molar-refractivity contribution in [2.75, 3.05) is 20.3 Å². The van der Waals surface area contributed by atoms with Gasteiger partial charge in [-0.3, -0.25) is 4.68 Å². The number of halogens is 1. The molecule has 0 aliphatic carbocycles. The second-order valence-corrected chi connectivity index (χ2v) is 6.68. The van der Waals surface area contributed by atoms with Crippen molar-refractivity contribution in [1.82, 2.24) is 15.1 Å². The normalized spacial score (nSPS) is 15.2. The Balaban J connectivity index is 2.08. The summed E-state index contributed by atoms with van der Waals surface area (Å²) in [6.45, 7) is 9.48. The van der Waals surface area contributed by atoms with E-state index in [0.717, 1.165) is 17.0 Å². The molecule has 0 fully saturated rings. The van der Waals surface area contributed by atoms with Gasteiger partial charge in [-0.05, 0) is 45.4 Å². The zero-order chi connectivity index (χ0) is 18.6. The van der Waals surface area contributed by atoms with Gasteiger partial charge in [-0.25, -0.2) is 4.39 Å². The number of hydrogen-bond acceptors (Lipinski definition) is 4. The maximum absolute atomic E-state index is 13.1. The average molecular weight is 349 g/mol. The summed E-state index contributed by atoms with van der Waals surface area (Å²) in [5, 5.41) is 18.7. The molecule has 0 aliphatic heterocycles. The van der Waals surface area contributed by atoms with Crippen LogP contribution in [0.3, 0.4) is 0 Å². The minimum atomic E-state index is -1.09. The number of benzene rings is 1. The fraction of sp³-hybridized carbons (Fsp3) is 0.526. The highest BCUT2D eigenvalue weighted by molar-refractivity contribution is 5.28. The first kappa shape index (κ1) is 19.6. The number of rotatable bonds is 8. The molecule has 2 atom stereocenters. The highest BCUT2D eigenvalue weighted by atomic mass is 19.1. The summed E-state index contributed by atoms with van der Waals surface area (Å²) in [7, 11) is 1.67. The first-order chi connectivity index (χ1) is 11.8. The highest BCUT2D eigenvalue weighted by Crippen LogP contribution is 2.24. The summed E-state index contributed by atoms with van der Waals surface area (Å²) >= 11 is 0. The summed E-state index contributed by atoms with van der Waals surface area (Å²) < 4.78 is 20.1. The fourth-order valence-corrected chi connectivity index (χ4v) is 3.10. The third-order valence-corrected chi connectivity index (χ3v) is 4.60. The van der Waals surface area contributed by atoms with E-state index in [0.29, 0.717) is 25.3 Å². The van der Waals surface area contributed by atoms with E-state index in [4.69, 9.17) is 4.74 Å². The number of methoxy groups -OCH3 is 1. The van der Waals surface area contributed by atoms with Crippen molar-refractivity contribution in [3.8, 4) is 0 Å². The standard InChI is InChI=1S/C19H28FN3O2/c1-13(18-14(2)22-23(15(18)3)10-11-25-5)21-12-19(4,24)16-6-8-17(20)9-7-16/h6-9,13,21,24H,10-12H2,1-5H3. The average Bonchev–Trinajstić information content (AvgIpc) is 2.85. The molecule has 0 spiro atoms. The molecule has 0 radical (unpaired) electrons. The lowest BCUT2D eigenvalue weighted by molar-refractivity contribution is 0.0542. The molecule has 25 heavy (non-hydrogen) atoms. The van der Waals surface area contributed by atoms with Crippen molar-refractivity contribution >= 4 is 0 Å². The predicted molar refractivity (Wildman–Crippen MR) is 96.0 cm³/mol. The lowest BCUT2D eigenvalue weighted by Crippen LogP contribution is -2.37.